The molecule has 1 aromatic rings. The van der Waals surface area contributed by atoms with Crippen molar-refractivity contribution < 1.29 is 14.7 Å². The molecule has 2 amide bonds. The van der Waals surface area contributed by atoms with Crippen LogP contribution in [0.15, 0.2) is 0 Å². The molecular formula is C8H12N6O3S. The van der Waals surface area contributed by atoms with E-state index in [4.69, 9.17) is 5.11 Å². The Kier molecular flexibility index (Phi) is 3.65. The van der Waals surface area contributed by atoms with E-state index in [2.05, 4.69) is 25.9 Å². The van der Waals surface area contributed by atoms with Gasteiger partial charge in [0, 0.05) is 5.75 Å². The van der Waals surface area contributed by atoms with E-state index in [1.54, 1.807) is 6.92 Å². The lowest BCUT2D eigenvalue weighted by molar-refractivity contribution is -0.140. The molecule has 0 spiro atoms. The van der Waals surface area contributed by atoms with Gasteiger partial charge in [-0.05, 0) is 6.92 Å². The van der Waals surface area contributed by atoms with Crippen LogP contribution in [0, 0.1) is 0 Å². The highest BCUT2D eigenvalue weighted by molar-refractivity contribution is 7.99. The van der Waals surface area contributed by atoms with Crippen LogP contribution in [0.5, 0.6) is 0 Å². The monoisotopic (exact) mass is 272 g/mol. The van der Waals surface area contributed by atoms with Crippen molar-refractivity contribution in [3.63, 3.8) is 0 Å². The van der Waals surface area contributed by atoms with Gasteiger partial charge in [-0.2, -0.15) is 5.21 Å². The third kappa shape index (κ3) is 2.53. The number of tetrazole rings is 1. The number of carboxylic acids is 1. The van der Waals surface area contributed by atoms with Crippen molar-refractivity contribution >= 4 is 23.8 Å². The van der Waals surface area contributed by atoms with Crippen molar-refractivity contribution in [3.8, 4) is 0 Å². The lowest BCUT2D eigenvalue weighted by Crippen LogP contribution is -2.47. The van der Waals surface area contributed by atoms with Crippen LogP contribution in [-0.4, -0.2) is 60.3 Å². The third-order valence-electron chi connectivity index (χ3n) is 2.52. The van der Waals surface area contributed by atoms with Crippen LogP contribution >= 0.6 is 11.8 Å². The van der Waals surface area contributed by atoms with Gasteiger partial charge in [0.1, 0.15) is 6.04 Å². The summed E-state index contributed by atoms with van der Waals surface area (Å²) in [6.07, 6.45) is 0. The van der Waals surface area contributed by atoms with Crippen LogP contribution in [-0.2, 0) is 4.79 Å². The highest BCUT2D eigenvalue weighted by Crippen LogP contribution is 2.21. The molecule has 3 N–H and O–H groups in total. The van der Waals surface area contributed by atoms with Gasteiger partial charge in [0.2, 0.25) is 0 Å². The second-order valence-electron chi connectivity index (χ2n) is 3.76. The highest BCUT2D eigenvalue weighted by Gasteiger charge is 2.35. The van der Waals surface area contributed by atoms with E-state index in [-0.39, 0.29) is 0 Å². The number of rotatable bonds is 3. The fourth-order valence-corrected chi connectivity index (χ4v) is 2.68. The zero-order valence-electron chi connectivity index (χ0n) is 9.53. The average Bonchev–Trinajstić information content (AvgIpc) is 3.00. The van der Waals surface area contributed by atoms with Gasteiger partial charge >= 0.3 is 12.0 Å². The Morgan fingerprint density at radius 2 is 2.44 bits per heavy atom. The quantitative estimate of drug-likeness (QED) is 0.673. The number of hydrogen-bond acceptors (Lipinski definition) is 6. The molecule has 1 aliphatic rings. The summed E-state index contributed by atoms with van der Waals surface area (Å²) in [6, 6.07) is -1.66. The maximum atomic E-state index is 11.9. The number of urea groups is 1. The number of nitrogens with one attached hydrogen (secondary N) is 2. The molecule has 0 radical (unpaired) electrons. The van der Waals surface area contributed by atoms with Gasteiger partial charge in [-0.15, -0.1) is 22.0 Å². The molecule has 2 heterocycles. The number of carbonyl (C=O) groups is 2. The molecule has 0 saturated carbocycles. The van der Waals surface area contributed by atoms with Crippen molar-refractivity contribution in [2.24, 2.45) is 0 Å². The molecule has 2 rings (SSSR count). The first-order valence-corrected chi connectivity index (χ1v) is 6.36. The Hall–Kier alpha value is -1.84. The van der Waals surface area contributed by atoms with E-state index in [9.17, 15) is 9.59 Å². The Morgan fingerprint density at radius 1 is 1.67 bits per heavy atom. The fraction of sp³-hybridized carbons (Fsp3) is 0.625. The first kappa shape index (κ1) is 12.6. The second kappa shape index (κ2) is 5.21. The third-order valence-corrected chi connectivity index (χ3v) is 3.53. The highest BCUT2D eigenvalue weighted by atomic mass is 32.2. The smallest absolute Gasteiger partial charge is 0.327 e. The molecule has 9 nitrogen and oxygen atoms in total. The Balaban J connectivity index is 1.97. The molecule has 98 valence electrons. The van der Waals surface area contributed by atoms with Gasteiger partial charge in [-0.3, -0.25) is 0 Å². The number of carbonyl (C=O) groups excluding carboxylic acids is 1. The average molecular weight is 272 g/mol. The van der Waals surface area contributed by atoms with Crippen LogP contribution < -0.4 is 5.32 Å². The summed E-state index contributed by atoms with van der Waals surface area (Å²) in [6.45, 7) is 1.70. The van der Waals surface area contributed by atoms with Gasteiger partial charge < -0.3 is 15.3 Å². The van der Waals surface area contributed by atoms with Gasteiger partial charge in [-0.25, -0.2) is 9.59 Å². The zero-order chi connectivity index (χ0) is 13.1. The SMILES string of the molecule is CC(NC(=O)N1CSC[C@H]1C(=O)O)c1nn[nH]n1. The Morgan fingerprint density at radius 3 is 3.06 bits per heavy atom. The van der Waals surface area contributed by atoms with Gasteiger partial charge in [-0.1, -0.05) is 5.21 Å². The van der Waals surface area contributed by atoms with E-state index in [1.165, 1.54) is 16.7 Å². The molecule has 10 heteroatoms. The van der Waals surface area contributed by atoms with E-state index < -0.39 is 24.1 Å². The van der Waals surface area contributed by atoms with Crippen molar-refractivity contribution in [3.05, 3.63) is 5.82 Å². The van der Waals surface area contributed by atoms with Crippen LogP contribution in [0.25, 0.3) is 0 Å². The zero-order valence-corrected chi connectivity index (χ0v) is 10.3. The molecule has 18 heavy (non-hydrogen) atoms. The summed E-state index contributed by atoms with van der Waals surface area (Å²) in [5, 5.41) is 24.8. The van der Waals surface area contributed by atoms with E-state index >= 15 is 0 Å². The fourth-order valence-electron chi connectivity index (χ4n) is 1.53. The Bertz CT molecular complexity index is 438. The van der Waals surface area contributed by atoms with Crippen LogP contribution in [0.2, 0.25) is 0 Å². The summed E-state index contributed by atoms with van der Waals surface area (Å²) in [5.41, 5.74) is 0. The van der Waals surface area contributed by atoms with Crippen LogP contribution in [0.1, 0.15) is 18.8 Å². The van der Waals surface area contributed by atoms with Crippen molar-refractivity contribution in [1.82, 2.24) is 30.8 Å². The number of carboxylic acid groups (broad SMARTS) is 1. The standard InChI is InChI=1S/C8H12N6O3S/c1-4(6-10-12-13-11-6)9-8(17)14-3-18-2-5(14)7(15)16/h4-5H,2-3H2,1H3,(H,9,17)(H,15,16)(H,10,11,12,13)/t4?,5-/m0/s1. The number of H-pyrrole nitrogens is 1. The summed E-state index contributed by atoms with van der Waals surface area (Å²) in [5.74, 6) is 0.116. The van der Waals surface area contributed by atoms with Gasteiger partial charge in [0.05, 0.1) is 11.9 Å². The van der Waals surface area contributed by atoms with E-state index in [0.717, 1.165) is 0 Å². The van der Waals surface area contributed by atoms with Crippen LogP contribution in [0.4, 0.5) is 4.79 Å². The number of aromatic amines is 1. The van der Waals surface area contributed by atoms with Gasteiger partial charge in [0.15, 0.2) is 5.82 Å². The topological polar surface area (TPSA) is 124 Å². The molecule has 1 aliphatic heterocycles. The van der Waals surface area contributed by atoms with Crippen LogP contribution in [0.3, 0.4) is 0 Å². The minimum Gasteiger partial charge on any atom is -0.480 e. The summed E-state index contributed by atoms with van der Waals surface area (Å²) in [7, 11) is 0. The predicted octanol–water partition coefficient (Wildman–Crippen LogP) is -0.570. The lowest BCUT2D eigenvalue weighted by atomic mass is 10.3. The number of hydrogen-bond donors (Lipinski definition) is 3. The predicted molar refractivity (Wildman–Crippen MR) is 61.7 cm³/mol. The number of aliphatic carboxylic acids is 1. The maximum Gasteiger partial charge on any atom is 0.327 e. The molecule has 1 saturated heterocycles. The minimum absolute atomic E-state index is 0.349. The number of thioether (sulfide) groups is 1. The summed E-state index contributed by atoms with van der Waals surface area (Å²) >= 11 is 1.41. The molecule has 1 fully saturated rings. The largest absolute Gasteiger partial charge is 0.480 e. The molecule has 0 aromatic carbocycles. The van der Waals surface area contributed by atoms with Crippen molar-refractivity contribution in [2.45, 2.75) is 19.0 Å². The Labute approximate surface area is 106 Å². The van der Waals surface area contributed by atoms with Gasteiger partial charge in [0.25, 0.3) is 0 Å². The number of amides is 2. The van der Waals surface area contributed by atoms with E-state index in [0.29, 0.717) is 17.5 Å². The summed E-state index contributed by atoms with van der Waals surface area (Å²) < 4.78 is 0. The maximum absolute atomic E-state index is 11.9. The number of aromatic nitrogens is 4. The normalized spacial score (nSPS) is 20.7. The lowest BCUT2D eigenvalue weighted by Gasteiger charge is -2.22. The van der Waals surface area contributed by atoms with E-state index in [1.807, 2.05) is 0 Å². The van der Waals surface area contributed by atoms with Crippen molar-refractivity contribution in [1.29, 1.82) is 0 Å². The minimum atomic E-state index is -0.998. The number of nitrogens with zero attached hydrogens (tertiary/aromatic N) is 4. The van der Waals surface area contributed by atoms with Crippen molar-refractivity contribution in [2.75, 3.05) is 11.6 Å². The molecule has 2 atom stereocenters. The molecular weight excluding hydrogens is 260 g/mol. The molecule has 0 aliphatic carbocycles. The molecule has 1 unspecified atom stereocenters. The first-order valence-electron chi connectivity index (χ1n) is 5.20. The summed E-state index contributed by atoms with van der Waals surface area (Å²) in [4.78, 5) is 24.2. The molecule has 1 aromatic heterocycles. The molecule has 0 bridgehead atoms. The first-order chi connectivity index (χ1) is 8.59. The second-order valence-corrected chi connectivity index (χ2v) is 4.76.